The van der Waals surface area contributed by atoms with Gasteiger partial charge in [-0.25, -0.2) is 4.39 Å². The van der Waals surface area contributed by atoms with Crippen molar-refractivity contribution >= 4 is 17.6 Å². The van der Waals surface area contributed by atoms with E-state index in [-0.39, 0.29) is 17.8 Å². The molecule has 19 heavy (non-hydrogen) atoms. The summed E-state index contributed by atoms with van der Waals surface area (Å²) in [7, 11) is 0. The summed E-state index contributed by atoms with van der Waals surface area (Å²) >= 11 is 6.05. The molecule has 3 nitrogen and oxygen atoms in total. The van der Waals surface area contributed by atoms with Crippen LogP contribution in [0.15, 0.2) is 18.2 Å². The lowest BCUT2D eigenvalue weighted by Gasteiger charge is -2.30. The molecule has 1 aliphatic heterocycles. The first-order valence-corrected chi connectivity index (χ1v) is 6.73. The van der Waals surface area contributed by atoms with E-state index < -0.39 is 12.0 Å². The Morgan fingerprint density at radius 1 is 1.58 bits per heavy atom. The summed E-state index contributed by atoms with van der Waals surface area (Å²) in [5.41, 5.74) is 0.767. The van der Waals surface area contributed by atoms with Crippen molar-refractivity contribution in [2.75, 3.05) is 6.54 Å². The topological polar surface area (TPSA) is 40.5 Å². The summed E-state index contributed by atoms with van der Waals surface area (Å²) < 4.78 is 13.1. The molecular formula is C14H17ClFNO2. The van der Waals surface area contributed by atoms with E-state index in [4.69, 9.17) is 11.6 Å². The molecule has 1 heterocycles. The number of nitrogens with zero attached hydrogens (tertiary/aromatic N) is 1. The van der Waals surface area contributed by atoms with Crippen molar-refractivity contribution in [2.45, 2.75) is 32.4 Å². The predicted octanol–water partition coefficient (Wildman–Crippen LogP) is 3.34. The number of hydrogen-bond acceptors (Lipinski definition) is 2. The molecule has 0 bridgehead atoms. The van der Waals surface area contributed by atoms with Gasteiger partial charge in [0, 0.05) is 11.1 Å². The van der Waals surface area contributed by atoms with Crippen molar-refractivity contribution < 1.29 is 14.3 Å². The summed E-state index contributed by atoms with van der Waals surface area (Å²) in [5.74, 6) is -1.08. The SMILES string of the molecule is CC1CCN(C(C)c2ccc(F)cc2Cl)C1C(=O)O. The fourth-order valence-electron chi connectivity index (χ4n) is 2.82. The molecule has 0 radical (unpaired) electrons. The van der Waals surface area contributed by atoms with Crippen LogP contribution < -0.4 is 0 Å². The monoisotopic (exact) mass is 285 g/mol. The minimum atomic E-state index is -0.810. The molecule has 0 aromatic heterocycles. The van der Waals surface area contributed by atoms with Crippen LogP contribution in [0.2, 0.25) is 5.02 Å². The molecule has 0 amide bonds. The van der Waals surface area contributed by atoms with E-state index in [1.165, 1.54) is 12.1 Å². The number of aliphatic carboxylic acids is 1. The van der Waals surface area contributed by atoms with Crippen LogP contribution in [0.5, 0.6) is 0 Å². The van der Waals surface area contributed by atoms with Crippen LogP contribution in [0.1, 0.15) is 31.9 Å². The van der Waals surface area contributed by atoms with E-state index in [1.807, 2.05) is 18.7 Å². The van der Waals surface area contributed by atoms with E-state index >= 15 is 0 Å². The third kappa shape index (κ3) is 2.74. The molecule has 1 saturated heterocycles. The molecule has 3 unspecified atom stereocenters. The molecule has 1 aliphatic rings. The Hall–Kier alpha value is -1.13. The minimum absolute atomic E-state index is 0.110. The molecular weight excluding hydrogens is 269 g/mol. The number of carboxylic acid groups (broad SMARTS) is 1. The molecule has 0 aliphatic carbocycles. The molecule has 104 valence electrons. The van der Waals surface area contributed by atoms with Crippen LogP contribution in [0.3, 0.4) is 0 Å². The van der Waals surface area contributed by atoms with Crippen molar-refractivity contribution in [3.8, 4) is 0 Å². The first-order valence-electron chi connectivity index (χ1n) is 6.35. The van der Waals surface area contributed by atoms with Gasteiger partial charge in [-0.1, -0.05) is 24.6 Å². The molecule has 1 aromatic rings. The second-order valence-corrected chi connectivity index (χ2v) is 5.54. The van der Waals surface area contributed by atoms with Crippen molar-refractivity contribution in [1.82, 2.24) is 4.90 Å². The van der Waals surface area contributed by atoms with Crippen molar-refractivity contribution in [2.24, 2.45) is 5.92 Å². The third-order valence-corrected chi connectivity index (χ3v) is 4.23. The van der Waals surface area contributed by atoms with Crippen molar-refractivity contribution in [1.29, 1.82) is 0 Å². The van der Waals surface area contributed by atoms with Crippen LogP contribution >= 0.6 is 11.6 Å². The highest BCUT2D eigenvalue weighted by atomic mass is 35.5. The Morgan fingerprint density at radius 3 is 2.84 bits per heavy atom. The van der Waals surface area contributed by atoms with E-state index in [0.29, 0.717) is 11.6 Å². The number of likely N-dealkylation sites (tertiary alicyclic amines) is 1. The van der Waals surface area contributed by atoms with Crippen molar-refractivity contribution in [3.05, 3.63) is 34.6 Å². The van der Waals surface area contributed by atoms with Gasteiger partial charge in [0.2, 0.25) is 0 Å². The molecule has 1 fully saturated rings. The van der Waals surface area contributed by atoms with Gasteiger partial charge in [-0.05, 0) is 43.5 Å². The highest BCUT2D eigenvalue weighted by Gasteiger charge is 2.39. The lowest BCUT2D eigenvalue weighted by atomic mass is 10.0. The number of carbonyl (C=O) groups is 1. The maximum Gasteiger partial charge on any atom is 0.321 e. The lowest BCUT2D eigenvalue weighted by Crippen LogP contribution is -2.40. The first-order chi connectivity index (χ1) is 8.91. The maximum absolute atomic E-state index is 13.1. The average Bonchev–Trinajstić information content (AvgIpc) is 2.70. The van der Waals surface area contributed by atoms with Gasteiger partial charge >= 0.3 is 5.97 Å². The van der Waals surface area contributed by atoms with Crippen LogP contribution in [0, 0.1) is 11.7 Å². The molecule has 5 heteroatoms. The summed E-state index contributed by atoms with van der Waals surface area (Å²) in [6.45, 7) is 4.57. The Bertz CT molecular complexity index is 494. The predicted molar refractivity (Wildman–Crippen MR) is 71.7 cm³/mol. The number of benzene rings is 1. The van der Waals surface area contributed by atoms with Crippen LogP contribution in [-0.4, -0.2) is 28.6 Å². The zero-order chi connectivity index (χ0) is 14.2. The van der Waals surface area contributed by atoms with Gasteiger partial charge in [0.25, 0.3) is 0 Å². The molecule has 0 spiro atoms. The smallest absolute Gasteiger partial charge is 0.321 e. The quantitative estimate of drug-likeness (QED) is 0.926. The minimum Gasteiger partial charge on any atom is -0.480 e. The second kappa shape index (κ2) is 5.47. The van der Waals surface area contributed by atoms with Gasteiger partial charge in [0.05, 0.1) is 0 Å². The Kier molecular flexibility index (Phi) is 4.11. The van der Waals surface area contributed by atoms with Crippen LogP contribution in [-0.2, 0) is 4.79 Å². The zero-order valence-corrected chi connectivity index (χ0v) is 11.7. The molecule has 3 atom stereocenters. The van der Waals surface area contributed by atoms with E-state index in [0.717, 1.165) is 12.0 Å². The van der Waals surface area contributed by atoms with Gasteiger partial charge in [0.1, 0.15) is 11.9 Å². The highest BCUT2D eigenvalue weighted by molar-refractivity contribution is 6.31. The van der Waals surface area contributed by atoms with Gasteiger partial charge in [0.15, 0.2) is 0 Å². The highest BCUT2D eigenvalue weighted by Crippen LogP contribution is 2.35. The Labute approximate surface area is 117 Å². The molecule has 1 N–H and O–H groups in total. The Morgan fingerprint density at radius 2 is 2.26 bits per heavy atom. The van der Waals surface area contributed by atoms with Gasteiger partial charge < -0.3 is 5.11 Å². The summed E-state index contributed by atoms with van der Waals surface area (Å²) in [6, 6.07) is 3.61. The van der Waals surface area contributed by atoms with Gasteiger partial charge in [-0.3, -0.25) is 9.69 Å². The number of hydrogen-bond donors (Lipinski definition) is 1. The fourth-order valence-corrected chi connectivity index (χ4v) is 3.14. The van der Waals surface area contributed by atoms with Gasteiger partial charge in [-0.2, -0.15) is 0 Å². The summed E-state index contributed by atoms with van der Waals surface area (Å²) in [5, 5.41) is 9.67. The fraction of sp³-hybridized carbons (Fsp3) is 0.500. The average molecular weight is 286 g/mol. The summed E-state index contributed by atoms with van der Waals surface area (Å²) in [6.07, 6.45) is 0.847. The van der Waals surface area contributed by atoms with Crippen LogP contribution in [0.4, 0.5) is 4.39 Å². The van der Waals surface area contributed by atoms with Gasteiger partial charge in [-0.15, -0.1) is 0 Å². The Balaban J connectivity index is 2.28. The number of halogens is 2. The van der Waals surface area contributed by atoms with Crippen LogP contribution in [0.25, 0.3) is 0 Å². The molecule has 1 aromatic carbocycles. The van der Waals surface area contributed by atoms with Crippen molar-refractivity contribution in [3.63, 3.8) is 0 Å². The third-order valence-electron chi connectivity index (χ3n) is 3.90. The largest absolute Gasteiger partial charge is 0.480 e. The first kappa shape index (κ1) is 14.3. The van der Waals surface area contributed by atoms with E-state index in [9.17, 15) is 14.3 Å². The standard InChI is InChI=1S/C14H17ClFNO2/c1-8-5-6-17(13(8)14(18)19)9(2)11-4-3-10(16)7-12(11)15/h3-4,7-9,13H,5-6H2,1-2H3,(H,18,19). The molecule has 0 saturated carbocycles. The lowest BCUT2D eigenvalue weighted by molar-refractivity contribution is -0.144. The molecule has 2 rings (SSSR count). The number of carboxylic acids is 1. The zero-order valence-electron chi connectivity index (χ0n) is 10.9. The van der Waals surface area contributed by atoms with E-state index in [2.05, 4.69) is 0 Å². The normalized spacial score (nSPS) is 25.5. The summed E-state index contributed by atoms with van der Waals surface area (Å²) in [4.78, 5) is 13.3. The van der Waals surface area contributed by atoms with E-state index in [1.54, 1.807) is 6.07 Å². The number of rotatable bonds is 3. The second-order valence-electron chi connectivity index (χ2n) is 5.13. The maximum atomic E-state index is 13.1.